The molecule has 4 saturated carbocycles. The zero-order chi connectivity index (χ0) is 25.2. The molecule has 0 amide bonds. The van der Waals surface area contributed by atoms with Crippen LogP contribution in [0.15, 0.2) is 0 Å². The third-order valence-electron chi connectivity index (χ3n) is 11.6. The highest BCUT2D eigenvalue weighted by atomic mass is 16.3. The van der Waals surface area contributed by atoms with Gasteiger partial charge in [0.2, 0.25) is 0 Å². The maximum Gasteiger partial charge on any atom is 0.132 e. The van der Waals surface area contributed by atoms with Gasteiger partial charge in [0.15, 0.2) is 0 Å². The molecule has 0 aromatic rings. The van der Waals surface area contributed by atoms with Gasteiger partial charge in [0.1, 0.15) is 5.78 Å². The molecular formula is C31H56N2O2. The quantitative estimate of drug-likeness (QED) is 0.307. The molecule has 0 aliphatic heterocycles. The minimum absolute atomic E-state index is 0.0698. The average Bonchev–Trinajstić information content (AvgIpc) is 3.15. The molecule has 9 atom stereocenters. The maximum absolute atomic E-state index is 12.1. The van der Waals surface area contributed by atoms with E-state index in [1.807, 2.05) is 0 Å². The van der Waals surface area contributed by atoms with Crippen LogP contribution >= 0.6 is 0 Å². The fourth-order valence-electron chi connectivity index (χ4n) is 9.59. The van der Waals surface area contributed by atoms with Crippen molar-refractivity contribution in [3.8, 4) is 0 Å². The number of nitrogens with one attached hydrogen (secondary N) is 2. The van der Waals surface area contributed by atoms with Crippen LogP contribution in [0.4, 0.5) is 0 Å². The number of aliphatic hydroxyl groups excluding tert-OH is 1. The van der Waals surface area contributed by atoms with Gasteiger partial charge in [-0.05, 0) is 111 Å². The van der Waals surface area contributed by atoms with E-state index in [4.69, 9.17) is 0 Å². The zero-order valence-corrected chi connectivity index (χ0v) is 23.6. The van der Waals surface area contributed by atoms with Crippen LogP contribution in [-0.2, 0) is 4.79 Å². The van der Waals surface area contributed by atoms with Crippen molar-refractivity contribution in [2.24, 2.45) is 40.4 Å². The first kappa shape index (κ1) is 27.6. The Labute approximate surface area is 216 Å². The summed E-state index contributed by atoms with van der Waals surface area (Å²) in [7, 11) is 0. The molecule has 0 bridgehead atoms. The van der Waals surface area contributed by atoms with Gasteiger partial charge in [0.05, 0.1) is 6.10 Å². The summed E-state index contributed by atoms with van der Waals surface area (Å²) in [4.78, 5) is 12.1. The van der Waals surface area contributed by atoms with E-state index < -0.39 is 0 Å². The number of hydrogen-bond donors (Lipinski definition) is 3. The number of carbonyl (C=O) groups excluding carboxylic acids is 1. The lowest BCUT2D eigenvalue weighted by Crippen LogP contribution is -2.59. The summed E-state index contributed by atoms with van der Waals surface area (Å²) in [6.07, 6.45) is 14.7. The van der Waals surface area contributed by atoms with E-state index in [-0.39, 0.29) is 11.5 Å². The van der Waals surface area contributed by atoms with Gasteiger partial charge in [0.25, 0.3) is 0 Å². The fourth-order valence-corrected chi connectivity index (χ4v) is 9.59. The highest BCUT2D eigenvalue weighted by Gasteiger charge is 2.63. The highest BCUT2D eigenvalue weighted by molar-refractivity contribution is 5.78. The molecule has 0 spiro atoms. The van der Waals surface area contributed by atoms with Crippen molar-refractivity contribution in [2.75, 3.05) is 13.1 Å². The Morgan fingerprint density at radius 3 is 2.54 bits per heavy atom. The van der Waals surface area contributed by atoms with Gasteiger partial charge < -0.3 is 15.7 Å². The van der Waals surface area contributed by atoms with Crippen molar-refractivity contribution in [1.29, 1.82) is 0 Å². The lowest BCUT2D eigenvalue weighted by atomic mass is 9.44. The molecule has 3 N–H and O–H groups in total. The van der Waals surface area contributed by atoms with E-state index in [0.717, 1.165) is 63.5 Å². The van der Waals surface area contributed by atoms with E-state index >= 15 is 0 Å². The van der Waals surface area contributed by atoms with Crippen LogP contribution in [0.25, 0.3) is 0 Å². The first-order chi connectivity index (χ1) is 16.7. The molecule has 0 aromatic carbocycles. The Bertz CT molecular complexity index is 710. The van der Waals surface area contributed by atoms with Crippen molar-refractivity contribution in [3.63, 3.8) is 0 Å². The Kier molecular flexibility index (Phi) is 9.08. The smallest absolute Gasteiger partial charge is 0.132 e. The van der Waals surface area contributed by atoms with Gasteiger partial charge in [-0.3, -0.25) is 4.79 Å². The number of Topliss-reactive ketones (excluding diaryl/α,β-unsaturated/α-hetero) is 1. The van der Waals surface area contributed by atoms with Crippen molar-refractivity contribution in [2.45, 2.75) is 136 Å². The topological polar surface area (TPSA) is 61.4 Å². The summed E-state index contributed by atoms with van der Waals surface area (Å²) >= 11 is 0. The molecule has 5 unspecified atom stereocenters. The average molecular weight is 489 g/mol. The zero-order valence-electron chi connectivity index (χ0n) is 23.6. The number of fused-ring (bicyclic) bond motifs is 5. The predicted octanol–water partition coefficient (Wildman–Crippen LogP) is 6.11. The normalized spacial score (nSPS) is 43.0. The molecule has 4 aliphatic rings. The molecular weight excluding hydrogens is 432 g/mol. The first-order valence-electron chi connectivity index (χ1n) is 15.4. The largest absolute Gasteiger partial charge is 0.393 e. The van der Waals surface area contributed by atoms with Gasteiger partial charge in [-0.25, -0.2) is 0 Å². The van der Waals surface area contributed by atoms with Crippen LogP contribution in [-0.4, -0.2) is 42.2 Å². The summed E-state index contributed by atoms with van der Waals surface area (Å²) in [5.41, 5.74) is 0.477. The molecule has 202 valence electrons. The van der Waals surface area contributed by atoms with Gasteiger partial charge in [-0.15, -0.1) is 0 Å². The third kappa shape index (κ3) is 5.55. The number of aliphatic hydroxyl groups is 1. The molecule has 4 rings (SSSR count). The predicted molar refractivity (Wildman–Crippen MR) is 145 cm³/mol. The van der Waals surface area contributed by atoms with Gasteiger partial charge >= 0.3 is 0 Å². The second-order valence-corrected chi connectivity index (χ2v) is 13.8. The standard InChI is InChI=1S/C31H56N2O2/c1-6-8-25(34)10-7-9-22-12-14-27-26-13-11-23-19-24(33-18-17-32-21(2)3)15-16-30(23,4)28(26)20-29(35)31(22,27)5/h21-24,26-29,32-33,35H,6-20H2,1-5H3/t22-,23?,24?,26?,27?,28?,29-,30-,31+/m0/s1. The second kappa shape index (κ2) is 11.5. The fraction of sp³-hybridized carbons (Fsp3) is 0.968. The van der Waals surface area contributed by atoms with E-state index in [2.05, 4.69) is 45.3 Å². The summed E-state index contributed by atoms with van der Waals surface area (Å²) in [5, 5.41) is 19.1. The highest BCUT2D eigenvalue weighted by Crippen LogP contribution is 2.67. The van der Waals surface area contributed by atoms with Crippen molar-refractivity contribution >= 4 is 5.78 Å². The molecule has 0 radical (unpaired) electrons. The third-order valence-corrected chi connectivity index (χ3v) is 11.6. The lowest BCUT2D eigenvalue weighted by Gasteiger charge is -2.62. The monoisotopic (exact) mass is 488 g/mol. The Morgan fingerprint density at radius 1 is 1.00 bits per heavy atom. The summed E-state index contributed by atoms with van der Waals surface area (Å²) < 4.78 is 0. The molecule has 4 aliphatic carbocycles. The first-order valence-corrected chi connectivity index (χ1v) is 15.4. The Balaban J connectivity index is 1.36. The lowest BCUT2D eigenvalue weighted by molar-refractivity contribution is -0.166. The minimum atomic E-state index is -0.166. The summed E-state index contributed by atoms with van der Waals surface area (Å²) in [6, 6.07) is 1.23. The second-order valence-electron chi connectivity index (χ2n) is 13.8. The molecule has 0 saturated heterocycles. The van der Waals surface area contributed by atoms with E-state index in [1.165, 1.54) is 44.9 Å². The van der Waals surface area contributed by atoms with E-state index in [1.54, 1.807) is 0 Å². The molecule has 4 heteroatoms. The minimum Gasteiger partial charge on any atom is -0.393 e. The van der Waals surface area contributed by atoms with Crippen LogP contribution < -0.4 is 10.6 Å². The summed E-state index contributed by atoms with van der Waals surface area (Å²) in [5.74, 6) is 4.03. The molecule has 0 aromatic heterocycles. The molecule has 4 nitrogen and oxygen atoms in total. The number of carbonyl (C=O) groups is 1. The van der Waals surface area contributed by atoms with Crippen molar-refractivity contribution in [3.05, 3.63) is 0 Å². The molecule has 4 fully saturated rings. The summed E-state index contributed by atoms with van der Waals surface area (Å²) in [6.45, 7) is 13.7. The van der Waals surface area contributed by atoms with Crippen LogP contribution in [0.1, 0.15) is 118 Å². The number of ketones is 1. The molecule has 35 heavy (non-hydrogen) atoms. The molecule has 0 heterocycles. The SMILES string of the molecule is CCCC(=O)CCC[C@H]1CCC2C3CCC4CC(NCCNC(C)C)CC[C@]4(C)C3C[C@H](O)[C@@]21C. The Hall–Kier alpha value is -0.450. The van der Waals surface area contributed by atoms with Gasteiger partial charge in [-0.2, -0.15) is 0 Å². The van der Waals surface area contributed by atoms with Crippen LogP contribution in [0.5, 0.6) is 0 Å². The van der Waals surface area contributed by atoms with E-state index in [9.17, 15) is 9.90 Å². The van der Waals surface area contributed by atoms with Crippen molar-refractivity contribution < 1.29 is 9.90 Å². The number of rotatable bonds is 11. The number of hydrogen-bond acceptors (Lipinski definition) is 4. The maximum atomic E-state index is 12.1. The van der Waals surface area contributed by atoms with Gasteiger partial charge in [-0.1, -0.05) is 34.6 Å². The Morgan fingerprint density at radius 2 is 1.80 bits per heavy atom. The van der Waals surface area contributed by atoms with Crippen LogP contribution in [0, 0.1) is 40.4 Å². The van der Waals surface area contributed by atoms with Crippen LogP contribution in [0.3, 0.4) is 0 Å². The van der Waals surface area contributed by atoms with Crippen LogP contribution in [0.2, 0.25) is 0 Å². The van der Waals surface area contributed by atoms with E-state index in [0.29, 0.717) is 41.0 Å². The van der Waals surface area contributed by atoms with Gasteiger partial charge in [0, 0.05) is 38.0 Å². The van der Waals surface area contributed by atoms with Crippen molar-refractivity contribution in [1.82, 2.24) is 10.6 Å².